The zero-order valence-corrected chi connectivity index (χ0v) is 7.86. The molecule has 0 aromatic carbocycles. The van der Waals surface area contributed by atoms with Gasteiger partial charge in [0.25, 0.3) is 0 Å². The second-order valence-electron chi connectivity index (χ2n) is 2.54. The van der Waals surface area contributed by atoms with Gasteiger partial charge in [-0.2, -0.15) is 0 Å². The van der Waals surface area contributed by atoms with Crippen molar-refractivity contribution in [1.82, 2.24) is 5.32 Å². The smallest absolute Gasteiger partial charge is 0.234 e. The number of hydrogen-bond acceptors (Lipinski definition) is 2. The zero-order valence-electron chi connectivity index (χ0n) is 7.11. The molecule has 0 heterocycles. The third-order valence-electron chi connectivity index (χ3n) is 1.47. The van der Waals surface area contributed by atoms with Gasteiger partial charge in [-0.1, -0.05) is 6.42 Å². The Hall–Kier alpha value is -0.570. The lowest BCUT2D eigenvalue weighted by molar-refractivity contribution is -0.118. The maximum Gasteiger partial charge on any atom is 0.234 e. The third-order valence-corrected chi connectivity index (χ3v) is 1.71. The molecule has 1 amide bonds. The van der Waals surface area contributed by atoms with Crippen LogP contribution in [0.1, 0.15) is 25.7 Å². The fourth-order valence-corrected chi connectivity index (χ4v) is 0.918. The first-order valence-electron chi connectivity index (χ1n) is 4.13. The molecule has 4 heteroatoms. The first-order valence-corrected chi connectivity index (χ1v) is 4.66. The molecule has 0 aliphatic carbocycles. The average molecular weight is 191 g/mol. The van der Waals surface area contributed by atoms with Crippen LogP contribution in [0.2, 0.25) is 0 Å². The monoisotopic (exact) mass is 190 g/mol. The molecular weight excluding hydrogens is 176 g/mol. The van der Waals surface area contributed by atoms with Crippen molar-refractivity contribution in [3.8, 4) is 0 Å². The maximum atomic E-state index is 10.6. The summed E-state index contributed by atoms with van der Waals surface area (Å²) in [6.45, 7) is 0.698. The molecule has 70 valence electrons. The lowest BCUT2D eigenvalue weighted by Gasteiger charge is -2.01. The summed E-state index contributed by atoms with van der Waals surface area (Å²) in [4.78, 5) is 10.6. The van der Waals surface area contributed by atoms with Crippen LogP contribution in [0.25, 0.3) is 0 Å². The topological polar surface area (TPSA) is 53.0 Å². The molecule has 0 atom stereocenters. The second-order valence-corrected chi connectivity index (χ2v) is 2.80. The molecule has 0 aromatic rings. The molecule has 0 saturated carbocycles. The normalized spacial score (nSPS) is 9.42. The van der Waals surface area contributed by atoms with Gasteiger partial charge < -0.3 is 10.7 Å². The van der Waals surface area contributed by atoms with Gasteiger partial charge in [0.2, 0.25) is 5.91 Å². The molecule has 0 unspecified atom stereocenters. The molecule has 12 heavy (non-hydrogen) atoms. The van der Waals surface area contributed by atoms with E-state index in [1.165, 1.54) is 6.21 Å². The third kappa shape index (κ3) is 7.54. The maximum absolute atomic E-state index is 10.6. The Morgan fingerprint density at radius 1 is 1.42 bits per heavy atom. The average Bonchev–Trinajstić information content (AvgIpc) is 2.10. The number of amides is 1. The van der Waals surface area contributed by atoms with Crippen LogP contribution in [-0.4, -0.2) is 24.5 Å². The minimum absolute atomic E-state index is 0.0422. The molecule has 0 saturated heterocycles. The summed E-state index contributed by atoms with van der Waals surface area (Å²) in [5.74, 6) is -0.0655. The highest BCUT2D eigenvalue weighted by Gasteiger charge is 1.95. The standard InChI is InChI=1S/C8H15ClN2O/c9-7-8(12)11-6-4-2-1-3-5-10/h5,10H,1-4,6-7H2,(H,11,12). The summed E-state index contributed by atoms with van der Waals surface area (Å²) < 4.78 is 0. The zero-order chi connectivity index (χ0) is 9.23. The summed E-state index contributed by atoms with van der Waals surface area (Å²) in [5.41, 5.74) is 0. The predicted molar refractivity (Wildman–Crippen MR) is 51.0 cm³/mol. The van der Waals surface area contributed by atoms with Gasteiger partial charge in [-0.25, -0.2) is 0 Å². The van der Waals surface area contributed by atoms with Gasteiger partial charge >= 0.3 is 0 Å². The SMILES string of the molecule is N=CCCCCCNC(=O)CCl. The van der Waals surface area contributed by atoms with E-state index in [9.17, 15) is 4.79 Å². The highest BCUT2D eigenvalue weighted by atomic mass is 35.5. The molecule has 0 aliphatic heterocycles. The van der Waals surface area contributed by atoms with Gasteiger partial charge in [0.1, 0.15) is 5.88 Å². The van der Waals surface area contributed by atoms with Crippen molar-refractivity contribution < 1.29 is 4.79 Å². The molecule has 2 N–H and O–H groups in total. The first kappa shape index (κ1) is 11.4. The minimum atomic E-state index is -0.108. The Morgan fingerprint density at radius 3 is 2.75 bits per heavy atom. The predicted octanol–water partition coefficient (Wildman–Crippen LogP) is 1.55. The molecular formula is C8H15ClN2O. The van der Waals surface area contributed by atoms with Crippen LogP contribution in [0.15, 0.2) is 0 Å². The molecule has 0 rings (SSSR count). The lowest BCUT2D eigenvalue weighted by Crippen LogP contribution is -2.25. The van der Waals surface area contributed by atoms with E-state index < -0.39 is 0 Å². The van der Waals surface area contributed by atoms with E-state index in [1.54, 1.807) is 0 Å². The molecule has 3 nitrogen and oxygen atoms in total. The van der Waals surface area contributed by atoms with Crippen molar-refractivity contribution in [2.75, 3.05) is 12.4 Å². The van der Waals surface area contributed by atoms with Crippen LogP contribution >= 0.6 is 11.6 Å². The highest BCUT2D eigenvalue weighted by molar-refractivity contribution is 6.27. The Morgan fingerprint density at radius 2 is 2.17 bits per heavy atom. The summed E-state index contributed by atoms with van der Waals surface area (Å²) >= 11 is 5.27. The van der Waals surface area contributed by atoms with Crippen LogP contribution in [0, 0.1) is 5.41 Å². The Labute approximate surface area is 78.0 Å². The van der Waals surface area contributed by atoms with Gasteiger partial charge in [-0.05, 0) is 25.5 Å². The number of carbonyl (C=O) groups excluding carboxylic acids is 1. The molecule has 0 aliphatic rings. The van der Waals surface area contributed by atoms with Crippen molar-refractivity contribution in [2.45, 2.75) is 25.7 Å². The second kappa shape index (κ2) is 8.53. The first-order chi connectivity index (χ1) is 5.81. The number of unbranched alkanes of at least 4 members (excludes halogenated alkanes) is 3. The molecule has 0 fully saturated rings. The van der Waals surface area contributed by atoms with Crippen LogP contribution < -0.4 is 5.32 Å². The Kier molecular flexibility index (Phi) is 8.12. The van der Waals surface area contributed by atoms with Crippen molar-refractivity contribution in [3.63, 3.8) is 0 Å². The lowest BCUT2D eigenvalue weighted by atomic mass is 10.2. The molecule has 0 bridgehead atoms. The van der Waals surface area contributed by atoms with E-state index in [0.29, 0.717) is 6.54 Å². The molecule has 0 aromatic heterocycles. The molecule has 0 spiro atoms. The van der Waals surface area contributed by atoms with Gasteiger partial charge in [-0.15, -0.1) is 11.6 Å². The van der Waals surface area contributed by atoms with E-state index in [4.69, 9.17) is 17.0 Å². The van der Waals surface area contributed by atoms with Crippen molar-refractivity contribution >= 4 is 23.7 Å². The number of rotatable bonds is 7. The number of nitrogens with one attached hydrogen (secondary N) is 2. The van der Waals surface area contributed by atoms with E-state index in [-0.39, 0.29) is 11.8 Å². The van der Waals surface area contributed by atoms with Crippen molar-refractivity contribution in [3.05, 3.63) is 0 Å². The van der Waals surface area contributed by atoms with E-state index in [1.807, 2.05) is 0 Å². The number of alkyl halides is 1. The Balaban J connectivity index is 3.00. The molecule has 0 radical (unpaired) electrons. The van der Waals surface area contributed by atoms with Gasteiger partial charge in [-0.3, -0.25) is 4.79 Å². The van der Waals surface area contributed by atoms with E-state index in [0.717, 1.165) is 25.7 Å². The largest absolute Gasteiger partial charge is 0.355 e. The van der Waals surface area contributed by atoms with E-state index in [2.05, 4.69) is 5.32 Å². The van der Waals surface area contributed by atoms with Gasteiger partial charge in [0.15, 0.2) is 0 Å². The number of carbonyl (C=O) groups is 1. The van der Waals surface area contributed by atoms with Crippen LogP contribution in [0.3, 0.4) is 0 Å². The Bertz CT molecular complexity index is 139. The number of hydrogen-bond donors (Lipinski definition) is 2. The van der Waals surface area contributed by atoms with Crippen LogP contribution in [0.5, 0.6) is 0 Å². The van der Waals surface area contributed by atoms with Gasteiger partial charge in [0.05, 0.1) is 0 Å². The fraction of sp³-hybridized carbons (Fsp3) is 0.750. The van der Waals surface area contributed by atoms with Crippen LogP contribution in [-0.2, 0) is 4.79 Å². The summed E-state index contributed by atoms with van der Waals surface area (Å²) in [5, 5.41) is 9.45. The highest BCUT2D eigenvalue weighted by Crippen LogP contribution is 1.96. The fourth-order valence-electron chi connectivity index (χ4n) is 0.823. The quantitative estimate of drug-likeness (QED) is 0.357. The summed E-state index contributed by atoms with van der Waals surface area (Å²) in [6, 6.07) is 0. The van der Waals surface area contributed by atoms with E-state index >= 15 is 0 Å². The summed E-state index contributed by atoms with van der Waals surface area (Å²) in [6.07, 6.45) is 5.30. The summed E-state index contributed by atoms with van der Waals surface area (Å²) in [7, 11) is 0. The van der Waals surface area contributed by atoms with Crippen molar-refractivity contribution in [1.29, 1.82) is 5.41 Å². The number of halogens is 1. The minimum Gasteiger partial charge on any atom is -0.355 e. The van der Waals surface area contributed by atoms with Gasteiger partial charge in [0, 0.05) is 6.54 Å². The van der Waals surface area contributed by atoms with Crippen molar-refractivity contribution in [2.24, 2.45) is 0 Å². The van der Waals surface area contributed by atoms with Crippen LogP contribution in [0.4, 0.5) is 0 Å².